The summed E-state index contributed by atoms with van der Waals surface area (Å²) >= 11 is 0. The van der Waals surface area contributed by atoms with E-state index in [9.17, 15) is 13.2 Å². The molecule has 0 bridgehead atoms. The minimum Gasteiger partial charge on any atom is -0.353 e. The zero-order chi connectivity index (χ0) is 18.4. The van der Waals surface area contributed by atoms with Crippen LogP contribution in [0.3, 0.4) is 0 Å². The Morgan fingerprint density at radius 2 is 1.88 bits per heavy atom. The molecule has 25 heavy (non-hydrogen) atoms. The lowest BCUT2D eigenvalue weighted by Gasteiger charge is -2.31. The van der Waals surface area contributed by atoms with E-state index in [1.807, 2.05) is 19.9 Å². The summed E-state index contributed by atoms with van der Waals surface area (Å²) in [4.78, 5) is 12.4. The number of nitriles is 1. The molecule has 1 aliphatic rings. The summed E-state index contributed by atoms with van der Waals surface area (Å²) in [7, 11) is -3.71. The van der Waals surface area contributed by atoms with Gasteiger partial charge in [0.05, 0.1) is 10.5 Å². The lowest BCUT2D eigenvalue weighted by molar-refractivity contribution is -0.126. The van der Waals surface area contributed by atoms with Gasteiger partial charge in [0.15, 0.2) is 0 Å². The Hall–Kier alpha value is -1.91. The van der Waals surface area contributed by atoms with Gasteiger partial charge in [0.1, 0.15) is 6.07 Å². The second-order valence-corrected chi connectivity index (χ2v) is 8.21. The van der Waals surface area contributed by atoms with Crippen molar-refractivity contribution in [2.45, 2.75) is 50.5 Å². The predicted molar refractivity (Wildman–Crippen MR) is 95.2 cm³/mol. The number of nitrogens with zero attached hydrogens (tertiary/aromatic N) is 2. The van der Waals surface area contributed by atoms with Crippen molar-refractivity contribution in [2.75, 3.05) is 13.1 Å². The first-order valence-corrected chi connectivity index (χ1v) is 10.2. The Bertz CT molecular complexity index is 743. The smallest absolute Gasteiger partial charge is 0.244 e. The zero-order valence-corrected chi connectivity index (χ0v) is 15.6. The second-order valence-electron chi connectivity index (χ2n) is 6.31. The number of rotatable bonds is 6. The van der Waals surface area contributed by atoms with Crippen LogP contribution in [0.15, 0.2) is 29.2 Å². The molecule has 1 aliphatic heterocycles. The number of carbonyl (C=O) groups excluding carboxylic acids is 1. The van der Waals surface area contributed by atoms with Gasteiger partial charge in [0.25, 0.3) is 0 Å². The number of carbonyl (C=O) groups is 1. The fraction of sp³-hybridized carbons (Fsp3) is 0.556. The van der Waals surface area contributed by atoms with Crippen LogP contribution in [0.2, 0.25) is 0 Å². The molecule has 0 radical (unpaired) electrons. The van der Waals surface area contributed by atoms with Crippen molar-refractivity contribution in [2.24, 2.45) is 5.92 Å². The van der Waals surface area contributed by atoms with Gasteiger partial charge in [-0.15, -0.1) is 0 Å². The quantitative estimate of drug-likeness (QED) is 0.839. The van der Waals surface area contributed by atoms with Gasteiger partial charge < -0.3 is 5.32 Å². The molecule has 7 heteroatoms. The lowest BCUT2D eigenvalue weighted by atomic mass is 9.96. The van der Waals surface area contributed by atoms with Crippen LogP contribution < -0.4 is 5.32 Å². The van der Waals surface area contributed by atoms with Crippen molar-refractivity contribution >= 4 is 15.9 Å². The van der Waals surface area contributed by atoms with E-state index in [0.717, 1.165) is 12.8 Å². The van der Waals surface area contributed by atoms with E-state index >= 15 is 0 Å². The van der Waals surface area contributed by atoms with Gasteiger partial charge in [-0.3, -0.25) is 4.79 Å². The Labute approximate surface area is 149 Å². The normalized spacial score (nSPS) is 16.6. The Kier molecular flexibility index (Phi) is 6.57. The molecular weight excluding hydrogens is 338 g/mol. The molecule has 136 valence electrons. The molecule has 6 nitrogen and oxygen atoms in total. The Morgan fingerprint density at radius 3 is 2.44 bits per heavy atom. The molecule has 0 aromatic heterocycles. The molecule has 1 aromatic carbocycles. The summed E-state index contributed by atoms with van der Waals surface area (Å²) in [6.45, 7) is 4.67. The third-order valence-electron chi connectivity index (χ3n) is 4.78. The predicted octanol–water partition coefficient (Wildman–Crippen LogP) is 2.26. The molecule has 0 saturated carbocycles. The fourth-order valence-electron chi connectivity index (χ4n) is 3.09. The molecule has 1 heterocycles. The highest BCUT2D eigenvalue weighted by atomic mass is 32.2. The highest BCUT2D eigenvalue weighted by Crippen LogP contribution is 2.25. The highest BCUT2D eigenvalue weighted by molar-refractivity contribution is 7.89. The van der Waals surface area contributed by atoms with E-state index in [-0.39, 0.29) is 28.3 Å². The van der Waals surface area contributed by atoms with Crippen LogP contribution in [0.5, 0.6) is 0 Å². The number of piperidine rings is 1. The van der Waals surface area contributed by atoms with Crippen molar-refractivity contribution in [1.29, 1.82) is 5.26 Å². The van der Waals surface area contributed by atoms with Gasteiger partial charge in [-0.1, -0.05) is 26.0 Å². The number of benzene rings is 1. The second kappa shape index (κ2) is 8.45. The molecule has 0 atom stereocenters. The molecular formula is C18H25N3O3S. The summed E-state index contributed by atoms with van der Waals surface area (Å²) in [5.74, 6) is -0.138. The van der Waals surface area contributed by atoms with E-state index in [4.69, 9.17) is 5.26 Å². The van der Waals surface area contributed by atoms with Crippen LogP contribution in [0.4, 0.5) is 0 Å². The van der Waals surface area contributed by atoms with E-state index < -0.39 is 10.0 Å². The molecule has 1 saturated heterocycles. The first-order chi connectivity index (χ1) is 11.9. The van der Waals surface area contributed by atoms with Gasteiger partial charge in [0.2, 0.25) is 15.9 Å². The molecule has 1 N–H and O–H groups in total. The molecule has 1 aromatic rings. The van der Waals surface area contributed by atoms with Crippen LogP contribution in [0.25, 0.3) is 0 Å². The SMILES string of the molecule is CCC(CC)NC(=O)C1CCN(S(=O)(=O)c2ccccc2C#N)CC1. The van der Waals surface area contributed by atoms with Gasteiger partial charge in [-0.05, 0) is 37.8 Å². The number of hydrogen-bond donors (Lipinski definition) is 1. The summed E-state index contributed by atoms with van der Waals surface area (Å²) in [5.41, 5.74) is 0.149. The van der Waals surface area contributed by atoms with Gasteiger partial charge in [-0.25, -0.2) is 8.42 Å². The zero-order valence-electron chi connectivity index (χ0n) is 14.7. The van der Waals surface area contributed by atoms with Crippen molar-refractivity contribution in [3.8, 4) is 6.07 Å². The van der Waals surface area contributed by atoms with Crippen molar-refractivity contribution in [3.05, 3.63) is 29.8 Å². The largest absolute Gasteiger partial charge is 0.353 e. The molecule has 1 amide bonds. The Morgan fingerprint density at radius 1 is 1.28 bits per heavy atom. The number of nitrogens with one attached hydrogen (secondary N) is 1. The molecule has 0 aliphatic carbocycles. The minimum absolute atomic E-state index is 0.0168. The summed E-state index contributed by atoms with van der Waals surface area (Å²) in [6, 6.07) is 8.33. The van der Waals surface area contributed by atoms with Crippen molar-refractivity contribution in [1.82, 2.24) is 9.62 Å². The summed E-state index contributed by atoms with van der Waals surface area (Å²) < 4.78 is 27.0. The third kappa shape index (κ3) is 4.39. The van der Waals surface area contributed by atoms with Crippen molar-refractivity contribution < 1.29 is 13.2 Å². The van der Waals surface area contributed by atoms with Gasteiger partial charge in [0, 0.05) is 25.0 Å². The lowest BCUT2D eigenvalue weighted by Crippen LogP contribution is -2.45. The van der Waals surface area contributed by atoms with Crippen LogP contribution >= 0.6 is 0 Å². The third-order valence-corrected chi connectivity index (χ3v) is 6.74. The molecule has 0 unspecified atom stereocenters. The maximum absolute atomic E-state index is 12.8. The molecule has 1 fully saturated rings. The average Bonchev–Trinajstić information content (AvgIpc) is 2.65. The minimum atomic E-state index is -3.71. The standard InChI is InChI=1S/C18H25N3O3S/c1-3-16(4-2)20-18(22)14-9-11-21(12-10-14)25(23,24)17-8-6-5-7-15(17)13-19/h5-8,14,16H,3-4,9-12H2,1-2H3,(H,20,22). The maximum atomic E-state index is 12.8. The van der Waals surface area contributed by atoms with Crippen LogP contribution in [0, 0.1) is 17.2 Å². The monoisotopic (exact) mass is 363 g/mol. The molecule has 0 spiro atoms. The number of hydrogen-bond acceptors (Lipinski definition) is 4. The van der Waals surface area contributed by atoms with E-state index in [0.29, 0.717) is 25.9 Å². The summed E-state index contributed by atoms with van der Waals surface area (Å²) in [6.07, 6.45) is 2.78. The van der Waals surface area contributed by atoms with E-state index in [1.54, 1.807) is 12.1 Å². The fourth-order valence-corrected chi connectivity index (χ4v) is 4.71. The first-order valence-electron chi connectivity index (χ1n) is 8.73. The first kappa shape index (κ1) is 19.4. The van der Waals surface area contributed by atoms with Gasteiger partial charge >= 0.3 is 0 Å². The van der Waals surface area contributed by atoms with Crippen molar-refractivity contribution in [3.63, 3.8) is 0 Å². The average molecular weight is 363 g/mol. The topological polar surface area (TPSA) is 90.3 Å². The number of amides is 1. The van der Waals surface area contributed by atoms with E-state index in [1.165, 1.54) is 16.4 Å². The molecule has 2 rings (SSSR count). The van der Waals surface area contributed by atoms with Crippen LogP contribution in [-0.2, 0) is 14.8 Å². The van der Waals surface area contributed by atoms with Gasteiger partial charge in [-0.2, -0.15) is 9.57 Å². The maximum Gasteiger partial charge on any atom is 0.244 e. The highest BCUT2D eigenvalue weighted by Gasteiger charge is 2.33. The van der Waals surface area contributed by atoms with Crippen LogP contribution in [0.1, 0.15) is 45.1 Å². The summed E-state index contributed by atoms with van der Waals surface area (Å²) in [5, 5.41) is 12.2. The van der Waals surface area contributed by atoms with E-state index in [2.05, 4.69) is 5.32 Å². The van der Waals surface area contributed by atoms with Crippen LogP contribution in [-0.4, -0.2) is 37.8 Å². The number of sulfonamides is 1. The Balaban J connectivity index is 2.04.